The van der Waals surface area contributed by atoms with Crippen molar-refractivity contribution in [3.05, 3.63) is 23.8 Å². The van der Waals surface area contributed by atoms with Gasteiger partial charge in [-0.25, -0.2) is 0 Å². The van der Waals surface area contributed by atoms with Gasteiger partial charge in [0, 0.05) is 30.8 Å². The van der Waals surface area contributed by atoms with Crippen LogP contribution in [0.2, 0.25) is 0 Å². The van der Waals surface area contributed by atoms with Crippen LogP contribution in [0.25, 0.3) is 6.08 Å². The smallest absolute Gasteiger partial charge is 0.246 e. The summed E-state index contributed by atoms with van der Waals surface area (Å²) in [6.07, 6.45) is 5.50. The molecule has 1 aliphatic heterocycles. The molecule has 0 aromatic heterocycles. The highest BCUT2D eigenvalue weighted by Crippen LogP contribution is 2.35. The third-order valence-electron chi connectivity index (χ3n) is 3.56. The van der Waals surface area contributed by atoms with Crippen molar-refractivity contribution in [1.29, 1.82) is 0 Å². The molecule has 1 heterocycles. The van der Waals surface area contributed by atoms with Crippen LogP contribution < -0.4 is 14.2 Å². The lowest BCUT2D eigenvalue weighted by atomic mass is 10.1. The average Bonchev–Trinajstić information content (AvgIpc) is 3.06. The number of nitrogens with zero attached hydrogens (tertiary/aromatic N) is 1. The summed E-state index contributed by atoms with van der Waals surface area (Å²) in [5.41, 5.74) is 0.780. The molecular formula is C16H21NO4. The standard InChI is InChI=1S/C16H21NO4/c1-19-13-11-15(21-3)14(20-2)10-12(13)6-7-16(18)17-8-4-5-9-17/h6-7,10-11H,4-5,8-9H2,1-3H3/b7-6+. The van der Waals surface area contributed by atoms with E-state index in [1.807, 2.05) is 4.90 Å². The van der Waals surface area contributed by atoms with Crippen molar-refractivity contribution in [2.75, 3.05) is 34.4 Å². The zero-order valence-corrected chi connectivity index (χ0v) is 12.7. The number of benzene rings is 1. The van der Waals surface area contributed by atoms with E-state index >= 15 is 0 Å². The van der Waals surface area contributed by atoms with E-state index in [2.05, 4.69) is 0 Å². The van der Waals surface area contributed by atoms with Crippen molar-refractivity contribution in [2.24, 2.45) is 0 Å². The highest BCUT2D eigenvalue weighted by molar-refractivity contribution is 5.92. The lowest BCUT2D eigenvalue weighted by Crippen LogP contribution is -2.25. The van der Waals surface area contributed by atoms with Gasteiger partial charge in [-0.15, -0.1) is 0 Å². The quantitative estimate of drug-likeness (QED) is 0.781. The first kappa shape index (κ1) is 15.2. The Morgan fingerprint density at radius 2 is 1.57 bits per heavy atom. The Kier molecular flexibility index (Phi) is 5.09. The third-order valence-corrected chi connectivity index (χ3v) is 3.56. The summed E-state index contributed by atoms with van der Waals surface area (Å²) in [6, 6.07) is 3.55. The van der Waals surface area contributed by atoms with Gasteiger partial charge >= 0.3 is 0 Å². The average molecular weight is 291 g/mol. The first-order chi connectivity index (χ1) is 10.2. The minimum Gasteiger partial charge on any atom is -0.496 e. The molecule has 1 saturated heterocycles. The second kappa shape index (κ2) is 7.02. The highest BCUT2D eigenvalue weighted by atomic mass is 16.5. The molecule has 0 N–H and O–H groups in total. The Labute approximate surface area is 125 Å². The summed E-state index contributed by atoms with van der Waals surface area (Å²) in [5, 5.41) is 0. The van der Waals surface area contributed by atoms with Crippen LogP contribution in [0.1, 0.15) is 18.4 Å². The summed E-state index contributed by atoms with van der Waals surface area (Å²) < 4.78 is 15.8. The number of amides is 1. The van der Waals surface area contributed by atoms with Gasteiger partial charge in [0.05, 0.1) is 21.3 Å². The monoisotopic (exact) mass is 291 g/mol. The van der Waals surface area contributed by atoms with Crippen molar-refractivity contribution in [1.82, 2.24) is 4.90 Å². The van der Waals surface area contributed by atoms with Crippen LogP contribution in [0.3, 0.4) is 0 Å². The number of carbonyl (C=O) groups is 1. The molecule has 5 heteroatoms. The van der Waals surface area contributed by atoms with E-state index < -0.39 is 0 Å². The fraction of sp³-hybridized carbons (Fsp3) is 0.438. The maximum absolute atomic E-state index is 12.0. The molecule has 0 aliphatic carbocycles. The summed E-state index contributed by atoms with van der Waals surface area (Å²) in [4.78, 5) is 13.9. The van der Waals surface area contributed by atoms with E-state index in [4.69, 9.17) is 14.2 Å². The fourth-order valence-electron chi connectivity index (χ4n) is 2.39. The summed E-state index contributed by atoms with van der Waals surface area (Å²) in [6.45, 7) is 1.68. The number of ether oxygens (including phenoxy) is 3. The molecule has 5 nitrogen and oxygen atoms in total. The van der Waals surface area contributed by atoms with E-state index in [0.29, 0.717) is 17.2 Å². The van der Waals surface area contributed by atoms with Gasteiger partial charge in [-0.2, -0.15) is 0 Å². The molecule has 1 aromatic rings. The van der Waals surface area contributed by atoms with Gasteiger partial charge in [0.25, 0.3) is 0 Å². The number of hydrogen-bond donors (Lipinski definition) is 0. The van der Waals surface area contributed by atoms with Gasteiger partial charge in [0.1, 0.15) is 5.75 Å². The minimum atomic E-state index is 0.0318. The lowest BCUT2D eigenvalue weighted by Gasteiger charge is -2.13. The molecule has 0 saturated carbocycles. The van der Waals surface area contributed by atoms with E-state index in [9.17, 15) is 4.79 Å². The predicted molar refractivity (Wildman–Crippen MR) is 80.9 cm³/mol. The van der Waals surface area contributed by atoms with Crippen LogP contribution in [-0.4, -0.2) is 45.2 Å². The molecule has 1 amide bonds. The zero-order chi connectivity index (χ0) is 15.2. The summed E-state index contributed by atoms with van der Waals surface area (Å²) in [7, 11) is 4.73. The molecular weight excluding hydrogens is 270 g/mol. The number of methoxy groups -OCH3 is 3. The van der Waals surface area contributed by atoms with Crippen molar-refractivity contribution >= 4 is 12.0 Å². The van der Waals surface area contributed by atoms with E-state index in [1.165, 1.54) is 0 Å². The highest BCUT2D eigenvalue weighted by Gasteiger charge is 2.16. The molecule has 0 radical (unpaired) electrons. The van der Waals surface area contributed by atoms with Gasteiger partial charge in [-0.1, -0.05) is 0 Å². The Bertz CT molecular complexity index is 533. The van der Waals surface area contributed by atoms with Gasteiger partial charge in [0.15, 0.2) is 11.5 Å². The molecule has 114 valence electrons. The maximum Gasteiger partial charge on any atom is 0.246 e. The molecule has 0 spiro atoms. The van der Waals surface area contributed by atoms with Gasteiger partial charge in [0.2, 0.25) is 5.91 Å². The van der Waals surface area contributed by atoms with Crippen molar-refractivity contribution in [2.45, 2.75) is 12.8 Å². The largest absolute Gasteiger partial charge is 0.496 e. The van der Waals surface area contributed by atoms with Crippen molar-refractivity contribution in [3.63, 3.8) is 0 Å². The molecule has 21 heavy (non-hydrogen) atoms. The molecule has 2 rings (SSSR count). The number of carbonyl (C=O) groups excluding carboxylic acids is 1. The van der Waals surface area contributed by atoms with Crippen LogP contribution in [-0.2, 0) is 4.79 Å². The van der Waals surface area contributed by atoms with Gasteiger partial charge in [-0.05, 0) is 25.0 Å². The number of hydrogen-bond acceptors (Lipinski definition) is 4. The van der Waals surface area contributed by atoms with Crippen LogP contribution in [0.15, 0.2) is 18.2 Å². The normalized spacial score (nSPS) is 14.5. The Morgan fingerprint density at radius 3 is 2.14 bits per heavy atom. The molecule has 1 aliphatic rings. The molecule has 1 fully saturated rings. The van der Waals surface area contributed by atoms with Gasteiger partial charge in [-0.3, -0.25) is 4.79 Å². The van der Waals surface area contributed by atoms with E-state index in [0.717, 1.165) is 31.5 Å². The van der Waals surface area contributed by atoms with E-state index in [1.54, 1.807) is 45.6 Å². The third kappa shape index (κ3) is 3.48. The maximum atomic E-state index is 12.0. The SMILES string of the molecule is COc1cc(OC)c(OC)cc1/C=C/C(=O)N1CCCC1. The summed E-state index contributed by atoms with van der Waals surface area (Å²) >= 11 is 0. The Hall–Kier alpha value is -2.17. The summed E-state index contributed by atoms with van der Waals surface area (Å²) in [5.74, 6) is 1.87. The predicted octanol–water partition coefficient (Wildman–Crippen LogP) is 2.35. The first-order valence-corrected chi connectivity index (χ1v) is 6.96. The van der Waals surface area contributed by atoms with Crippen LogP contribution in [0.4, 0.5) is 0 Å². The Balaban J connectivity index is 2.23. The van der Waals surface area contributed by atoms with Crippen LogP contribution >= 0.6 is 0 Å². The Morgan fingerprint density at radius 1 is 1.00 bits per heavy atom. The van der Waals surface area contributed by atoms with Crippen LogP contribution in [0, 0.1) is 0 Å². The second-order valence-electron chi connectivity index (χ2n) is 4.81. The fourth-order valence-corrected chi connectivity index (χ4v) is 2.39. The number of likely N-dealkylation sites (tertiary alicyclic amines) is 1. The van der Waals surface area contributed by atoms with Gasteiger partial charge < -0.3 is 19.1 Å². The van der Waals surface area contributed by atoms with E-state index in [-0.39, 0.29) is 5.91 Å². The second-order valence-corrected chi connectivity index (χ2v) is 4.81. The molecule has 1 aromatic carbocycles. The zero-order valence-electron chi connectivity index (χ0n) is 12.7. The minimum absolute atomic E-state index is 0.0318. The lowest BCUT2D eigenvalue weighted by molar-refractivity contribution is -0.124. The van der Waals surface area contributed by atoms with Crippen LogP contribution in [0.5, 0.6) is 17.2 Å². The topological polar surface area (TPSA) is 48.0 Å². The van der Waals surface area contributed by atoms with Crippen molar-refractivity contribution in [3.8, 4) is 17.2 Å². The number of rotatable bonds is 5. The molecule has 0 atom stereocenters. The first-order valence-electron chi connectivity index (χ1n) is 6.96. The molecule has 0 bridgehead atoms. The van der Waals surface area contributed by atoms with Crippen molar-refractivity contribution < 1.29 is 19.0 Å². The molecule has 0 unspecified atom stereocenters.